The number of hydrogen-bond donors (Lipinski definition) is 1. The van der Waals surface area contributed by atoms with Crippen LogP contribution in [0.4, 0.5) is 5.82 Å². The Morgan fingerprint density at radius 1 is 0.947 bits per heavy atom. The number of rotatable bonds is 1. The van der Waals surface area contributed by atoms with Crippen molar-refractivity contribution in [3.8, 4) is 11.4 Å². The molecule has 0 atom stereocenters. The summed E-state index contributed by atoms with van der Waals surface area (Å²) in [5, 5.41) is 0.834. The minimum Gasteiger partial charge on any atom is -0.383 e. The van der Waals surface area contributed by atoms with Crippen LogP contribution in [0.15, 0.2) is 51.4 Å². The summed E-state index contributed by atoms with van der Waals surface area (Å²) in [4.78, 5) is 8.97. The predicted octanol–water partition coefficient (Wildman–Crippen LogP) is 4.40. The van der Waals surface area contributed by atoms with Crippen LogP contribution in [0.2, 0.25) is 0 Å². The molecule has 2 aromatic carbocycles. The highest BCUT2D eigenvalue weighted by molar-refractivity contribution is 9.11. The molecule has 0 saturated carbocycles. The second kappa shape index (κ2) is 4.90. The third-order valence-corrected chi connectivity index (χ3v) is 3.84. The van der Waals surface area contributed by atoms with E-state index in [-0.39, 0.29) is 0 Å². The summed E-state index contributed by atoms with van der Waals surface area (Å²) in [7, 11) is 0. The first kappa shape index (κ1) is 12.6. The van der Waals surface area contributed by atoms with Crippen molar-refractivity contribution in [1.29, 1.82) is 0 Å². The van der Waals surface area contributed by atoms with E-state index in [4.69, 9.17) is 5.73 Å². The molecule has 0 aliphatic rings. The lowest BCUT2D eigenvalue weighted by Gasteiger charge is -2.07. The van der Waals surface area contributed by atoms with Crippen LogP contribution in [0.1, 0.15) is 0 Å². The number of benzene rings is 2. The number of aromatic nitrogens is 2. The largest absolute Gasteiger partial charge is 0.383 e. The van der Waals surface area contributed by atoms with Gasteiger partial charge in [-0.1, -0.05) is 46.3 Å². The molecule has 3 nitrogen and oxygen atoms in total. The van der Waals surface area contributed by atoms with Gasteiger partial charge in [0.05, 0.1) is 5.52 Å². The minimum atomic E-state index is 0.478. The molecule has 0 fully saturated rings. The summed E-state index contributed by atoms with van der Waals surface area (Å²) in [6.45, 7) is 0. The lowest BCUT2D eigenvalue weighted by molar-refractivity contribution is 1.23. The van der Waals surface area contributed by atoms with Gasteiger partial charge in [0.15, 0.2) is 5.82 Å². The van der Waals surface area contributed by atoms with Gasteiger partial charge in [-0.3, -0.25) is 0 Å². The summed E-state index contributed by atoms with van der Waals surface area (Å²) < 4.78 is 1.83. The highest BCUT2D eigenvalue weighted by Gasteiger charge is 2.10. The van der Waals surface area contributed by atoms with E-state index in [1.165, 1.54) is 0 Å². The fourth-order valence-electron chi connectivity index (χ4n) is 1.90. The first-order chi connectivity index (χ1) is 9.15. The van der Waals surface area contributed by atoms with Crippen molar-refractivity contribution >= 4 is 48.6 Å². The first-order valence-corrected chi connectivity index (χ1v) is 7.21. The van der Waals surface area contributed by atoms with E-state index in [0.29, 0.717) is 11.6 Å². The second-order valence-corrected chi connectivity index (χ2v) is 5.85. The molecule has 0 aliphatic carbocycles. The van der Waals surface area contributed by atoms with Crippen LogP contribution >= 0.6 is 31.9 Å². The molecule has 3 rings (SSSR count). The van der Waals surface area contributed by atoms with E-state index < -0.39 is 0 Å². The van der Waals surface area contributed by atoms with Crippen LogP contribution in [0.3, 0.4) is 0 Å². The van der Waals surface area contributed by atoms with Gasteiger partial charge < -0.3 is 5.73 Å². The van der Waals surface area contributed by atoms with Crippen LogP contribution in [-0.2, 0) is 0 Å². The molecular weight excluding hydrogens is 370 g/mol. The van der Waals surface area contributed by atoms with Crippen molar-refractivity contribution < 1.29 is 0 Å². The molecule has 1 heterocycles. The zero-order chi connectivity index (χ0) is 13.4. The number of nitrogens with zero attached hydrogens (tertiary/aromatic N) is 2. The summed E-state index contributed by atoms with van der Waals surface area (Å²) >= 11 is 6.95. The van der Waals surface area contributed by atoms with Crippen LogP contribution in [-0.4, -0.2) is 9.97 Å². The molecule has 0 radical (unpaired) electrons. The highest BCUT2D eigenvalue weighted by atomic mass is 79.9. The van der Waals surface area contributed by atoms with Gasteiger partial charge in [-0.05, 0) is 28.1 Å². The number of halogens is 2. The van der Waals surface area contributed by atoms with Crippen molar-refractivity contribution in [3.05, 3.63) is 51.4 Å². The third-order valence-electron chi connectivity index (χ3n) is 2.78. The zero-order valence-corrected chi connectivity index (χ0v) is 12.9. The van der Waals surface area contributed by atoms with Crippen molar-refractivity contribution in [2.45, 2.75) is 0 Å². The van der Waals surface area contributed by atoms with E-state index >= 15 is 0 Å². The molecule has 0 bridgehead atoms. The van der Waals surface area contributed by atoms with Crippen LogP contribution in [0, 0.1) is 0 Å². The maximum atomic E-state index is 6.04. The molecule has 0 unspecified atom stereocenters. The van der Waals surface area contributed by atoms with E-state index in [1.807, 2.05) is 42.5 Å². The third kappa shape index (κ3) is 2.35. The lowest BCUT2D eigenvalue weighted by Crippen LogP contribution is -1.98. The lowest BCUT2D eigenvalue weighted by atomic mass is 10.2. The van der Waals surface area contributed by atoms with Crippen molar-refractivity contribution in [2.24, 2.45) is 0 Å². The maximum Gasteiger partial charge on any atom is 0.162 e. The monoisotopic (exact) mass is 377 g/mol. The molecule has 3 aromatic rings. The van der Waals surface area contributed by atoms with Gasteiger partial charge >= 0.3 is 0 Å². The summed E-state index contributed by atoms with van der Waals surface area (Å²) in [5.74, 6) is 1.11. The van der Waals surface area contributed by atoms with Gasteiger partial charge in [-0.15, -0.1) is 0 Å². The fraction of sp³-hybridized carbons (Fsp3) is 0. The maximum absolute atomic E-state index is 6.04. The predicted molar refractivity (Wildman–Crippen MR) is 84.8 cm³/mol. The number of anilines is 1. The zero-order valence-electron chi connectivity index (χ0n) is 9.77. The Balaban J connectivity index is 2.31. The van der Waals surface area contributed by atoms with Gasteiger partial charge in [0.1, 0.15) is 5.82 Å². The number of nitrogen functional groups attached to an aromatic ring is 1. The van der Waals surface area contributed by atoms with E-state index in [1.54, 1.807) is 0 Å². The SMILES string of the molecule is Nc1nc(-c2ccccc2)nc2c(Br)cc(Br)cc12. The number of nitrogens with two attached hydrogens (primary N) is 1. The molecule has 0 spiro atoms. The van der Waals surface area contributed by atoms with Gasteiger partial charge in [-0.25, -0.2) is 9.97 Å². The molecule has 94 valence electrons. The van der Waals surface area contributed by atoms with Crippen molar-refractivity contribution in [3.63, 3.8) is 0 Å². The molecule has 0 aliphatic heterocycles. The molecule has 19 heavy (non-hydrogen) atoms. The molecule has 5 heteroatoms. The standard InChI is InChI=1S/C14H9Br2N3/c15-9-6-10-12(11(16)7-9)18-14(19-13(10)17)8-4-2-1-3-5-8/h1-7H,(H2,17,18,19). The van der Waals surface area contributed by atoms with E-state index in [0.717, 1.165) is 25.4 Å². The van der Waals surface area contributed by atoms with Crippen molar-refractivity contribution in [2.75, 3.05) is 5.73 Å². The molecule has 1 aromatic heterocycles. The average molecular weight is 379 g/mol. The Morgan fingerprint density at radius 2 is 1.68 bits per heavy atom. The molecule has 2 N–H and O–H groups in total. The number of fused-ring (bicyclic) bond motifs is 1. The van der Waals surface area contributed by atoms with Crippen LogP contribution < -0.4 is 5.73 Å². The van der Waals surface area contributed by atoms with Gasteiger partial charge in [0.2, 0.25) is 0 Å². The Hall–Kier alpha value is -1.46. The quantitative estimate of drug-likeness (QED) is 0.682. The summed E-state index contributed by atoms with van der Waals surface area (Å²) in [6.07, 6.45) is 0. The topological polar surface area (TPSA) is 51.8 Å². The smallest absolute Gasteiger partial charge is 0.162 e. The Bertz CT molecular complexity index is 757. The number of hydrogen-bond acceptors (Lipinski definition) is 3. The van der Waals surface area contributed by atoms with Gasteiger partial charge in [-0.2, -0.15) is 0 Å². The molecule has 0 saturated heterocycles. The average Bonchev–Trinajstić information content (AvgIpc) is 2.41. The Labute approximate surface area is 127 Å². The summed E-state index contributed by atoms with van der Waals surface area (Å²) in [5.41, 5.74) is 7.80. The molecular formula is C14H9Br2N3. The Morgan fingerprint density at radius 3 is 2.42 bits per heavy atom. The van der Waals surface area contributed by atoms with Crippen LogP contribution in [0.25, 0.3) is 22.3 Å². The second-order valence-electron chi connectivity index (χ2n) is 4.08. The molecule has 0 amide bonds. The highest BCUT2D eigenvalue weighted by Crippen LogP contribution is 2.31. The summed E-state index contributed by atoms with van der Waals surface area (Å²) in [6, 6.07) is 13.7. The Kier molecular flexibility index (Phi) is 3.24. The van der Waals surface area contributed by atoms with E-state index in [9.17, 15) is 0 Å². The first-order valence-electron chi connectivity index (χ1n) is 5.63. The van der Waals surface area contributed by atoms with E-state index in [2.05, 4.69) is 41.8 Å². The fourth-order valence-corrected chi connectivity index (χ4v) is 3.21. The van der Waals surface area contributed by atoms with Crippen LogP contribution in [0.5, 0.6) is 0 Å². The van der Waals surface area contributed by atoms with Crippen molar-refractivity contribution in [1.82, 2.24) is 9.97 Å². The van der Waals surface area contributed by atoms with Gasteiger partial charge in [0, 0.05) is 19.9 Å². The van der Waals surface area contributed by atoms with Gasteiger partial charge in [0.25, 0.3) is 0 Å². The minimum absolute atomic E-state index is 0.478. The normalized spacial score (nSPS) is 10.8.